The van der Waals surface area contributed by atoms with Crippen molar-refractivity contribution in [1.82, 2.24) is 15.1 Å². The van der Waals surface area contributed by atoms with Crippen molar-refractivity contribution < 1.29 is 9.59 Å². The van der Waals surface area contributed by atoms with Gasteiger partial charge in [-0.3, -0.25) is 14.5 Å². The molecule has 0 saturated carbocycles. The summed E-state index contributed by atoms with van der Waals surface area (Å²) in [7, 11) is 0. The highest BCUT2D eigenvalue weighted by Crippen LogP contribution is 2.24. The van der Waals surface area contributed by atoms with E-state index in [0.29, 0.717) is 31.5 Å². The molecule has 1 aromatic carbocycles. The van der Waals surface area contributed by atoms with Gasteiger partial charge in [-0.15, -0.1) is 11.3 Å². The summed E-state index contributed by atoms with van der Waals surface area (Å²) in [4.78, 5) is 30.0. The Bertz CT molecular complexity index is 823. The Morgan fingerprint density at radius 3 is 2.13 bits per heavy atom. The maximum absolute atomic E-state index is 12.7. The predicted molar refractivity (Wildman–Crippen MR) is 123 cm³/mol. The highest BCUT2D eigenvalue weighted by Gasteiger charge is 2.25. The summed E-state index contributed by atoms with van der Waals surface area (Å²) in [5.41, 5.74) is 2.46. The van der Waals surface area contributed by atoms with E-state index in [4.69, 9.17) is 0 Å². The van der Waals surface area contributed by atoms with Crippen molar-refractivity contribution in [3.63, 3.8) is 0 Å². The minimum atomic E-state index is 0.000377. The van der Waals surface area contributed by atoms with Crippen molar-refractivity contribution >= 4 is 23.2 Å². The molecule has 0 spiro atoms. The molecular weight excluding hydrogens is 394 g/mol. The summed E-state index contributed by atoms with van der Waals surface area (Å²) in [5.74, 6) is 0.939. The number of amides is 2. The highest BCUT2D eigenvalue weighted by atomic mass is 32.1. The molecule has 2 aromatic rings. The number of benzene rings is 1. The monoisotopic (exact) mass is 427 g/mol. The largest absolute Gasteiger partial charge is 0.348 e. The van der Waals surface area contributed by atoms with Gasteiger partial charge in [-0.25, -0.2) is 0 Å². The lowest BCUT2D eigenvalue weighted by Crippen LogP contribution is -2.51. The quantitative estimate of drug-likeness (QED) is 0.722. The zero-order valence-electron chi connectivity index (χ0n) is 18.4. The van der Waals surface area contributed by atoms with E-state index >= 15 is 0 Å². The molecule has 6 heteroatoms. The fraction of sp³-hybridized carbons (Fsp3) is 0.500. The average molecular weight is 428 g/mol. The summed E-state index contributed by atoms with van der Waals surface area (Å²) >= 11 is 1.48. The first kappa shape index (κ1) is 22.5. The molecule has 1 N–H and O–H groups in total. The molecule has 1 unspecified atom stereocenters. The van der Waals surface area contributed by atoms with Gasteiger partial charge in [-0.1, -0.05) is 58.0 Å². The van der Waals surface area contributed by atoms with Crippen LogP contribution in [0.2, 0.25) is 0 Å². The average Bonchev–Trinajstić information content (AvgIpc) is 3.27. The fourth-order valence-electron chi connectivity index (χ4n) is 3.81. The Hall–Kier alpha value is -2.18. The van der Waals surface area contributed by atoms with E-state index in [2.05, 4.69) is 62.2 Å². The van der Waals surface area contributed by atoms with Gasteiger partial charge in [-0.2, -0.15) is 0 Å². The number of piperazine rings is 1. The third kappa shape index (κ3) is 5.70. The first-order valence-electron chi connectivity index (χ1n) is 10.8. The van der Waals surface area contributed by atoms with Crippen LogP contribution >= 0.6 is 11.3 Å². The summed E-state index contributed by atoms with van der Waals surface area (Å²) in [6, 6.07) is 12.4. The second-order valence-electron chi connectivity index (χ2n) is 8.66. The van der Waals surface area contributed by atoms with Crippen LogP contribution in [-0.4, -0.2) is 54.3 Å². The topological polar surface area (TPSA) is 52.7 Å². The van der Waals surface area contributed by atoms with Crippen molar-refractivity contribution in [1.29, 1.82) is 0 Å². The third-order valence-corrected chi connectivity index (χ3v) is 6.56. The number of rotatable bonds is 7. The maximum Gasteiger partial charge on any atom is 0.264 e. The normalized spacial score (nSPS) is 16.1. The van der Waals surface area contributed by atoms with Crippen LogP contribution in [0, 0.1) is 5.92 Å². The van der Waals surface area contributed by atoms with E-state index in [9.17, 15) is 9.59 Å². The van der Waals surface area contributed by atoms with Gasteiger partial charge >= 0.3 is 0 Å². The molecule has 162 valence electrons. The van der Waals surface area contributed by atoms with Gasteiger partial charge in [0.05, 0.1) is 17.5 Å². The van der Waals surface area contributed by atoms with E-state index < -0.39 is 0 Å². The minimum Gasteiger partial charge on any atom is -0.348 e. The van der Waals surface area contributed by atoms with Crippen LogP contribution in [0.25, 0.3) is 0 Å². The van der Waals surface area contributed by atoms with Gasteiger partial charge in [0.1, 0.15) is 0 Å². The van der Waals surface area contributed by atoms with Crippen LogP contribution in [-0.2, 0) is 4.79 Å². The molecule has 2 heterocycles. The Morgan fingerprint density at radius 2 is 1.60 bits per heavy atom. The number of nitrogens with one attached hydrogen (secondary N) is 1. The SMILES string of the molecule is CC(C)c1ccc(C(NC(=O)CN2CCN(C(=O)c3cccs3)CC2)C(C)C)cc1. The summed E-state index contributed by atoms with van der Waals surface area (Å²) in [5, 5.41) is 5.15. The number of hydrogen-bond donors (Lipinski definition) is 1. The molecule has 5 nitrogen and oxygen atoms in total. The number of carbonyl (C=O) groups is 2. The lowest BCUT2D eigenvalue weighted by atomic mass is 9.93. The number of hydrogen-bond acceptors (Lipinski definition) is 4. The molecule has 2 amide bonds. The molecule has 3 rings (SSSR count). The Kier molecular flexibility index (Phi) is 7.67. The zero-order valence-corrected chi connectivity index (χ0v) is 19.2. The fourth-order valence-corrected chi connectivity index (χ4v) is 4.50. The number of carbonyl (C=O) groups excluding carboxylic acids is 2. The maximum atomic E-state index is 12.7. The summed E-state index contributed by atoms with van der Waals surface area (Å²) < 4.78 is 0. The molecule has 1 aliphatic rings. The Morgan fingerprint density at radius 1 is 0.967 bits per heavy atom. The summed E-state index contributed by atoms with van der Waals surface area (Å²) in [6.45, 7) is 11.8. The lowest BCUT2D eigenvalue weighted by Gasteiger charge is -2.34. The van der Waals surface area contributed by atoms with E-state index in [1.165, 1.54) is 16.9 Å². The van der Waals surface area contributed by atoms with Gasteiger partial charge in [-0.05, 0) is 34.4 Å². The van der Waals surface area contributed by atoms with E-state index in [0.717, 1.165) is 23.5 Å². The number of thiophene rings is 1. The molecule has 1 saturated heterocycles. The van der Waals surface area contributed by atoms with Crippen molar-refractivity contribution in [2.24, 2.45) is 5.92 Å². The lowest BCUT2D eigenvalue weighted by molar-refractivity contribution is -0.123. The van der Waals surface area contributed by atoms with Crippen molar-refractivity contribution in [2.75, 3.05) is 32.7 Å². The Labute approximate surface area is 184 Å². The van der Waals surface area contributed by atoms with Gasteiger partial charge in [0.15, 0.2) is 0 Å². The Balaban J connectivity index is 1.52. The van der Waals surface area contributed by atoms with Gasteiger partial charge in [0, 0.05) is 26.2 Å². The second kappa shape index (κ2) is 10.2. The molecule has 0 aliphatic carbocycles. The van der Waals surface area contributed by atoms with Gasteiger partial charge < -0.3 is 10.2 Å². The standard InChI is InChI=1S/C24H33N3O2S/c1-17(2)19-7-9-20(10-8-19)23(18(3)4)25-22(28)16-26-11-13-27(14-12-26)24(29)21-6-5-15-30-21/h5-10,15,17-18,23H,11-14,16H2,1-4H3,(H,25,28). The highest BCUT2D eigenvalue weighted by molar-refractivity contribution is 7.12. The number of nitrogens with zero attached hydrogens (tertiary/aromatic N) is 2. The van der Waals surface area contributed by atoms with E-state index in [-0.39, 0.29) is 17.9 Å². The van der Waals surface area contributed by atoms with Crippen LogP contribution in [0.1, 0.15) is 60.5 Å². The molecule has 0 radical (unpaired) electrons. The van der Waals surface area contributed by atoms with Crippen molar-refractivity contribution in [2.45, 2.75) is 39.7 Å². The molecule has 1 atom stereocenters. The van der Waals surface area contributed by atoms with Crippen molar-refractivity contribution in [3.8, 4) is 0 Å². The zero-order chi connectivity index (χ0) is 21.7. The molecule has 1 aliphatic heterocycles. The van der Waals surface area contributed by atoms with Crippen LogP contribution in [0.3, 0.4) is 0 Å². The first-order valence-corrected chi connectivity index (χ1v) is 11.7. The molecule has 1 aromatic heterocycles. The minimum absolute atomic E-state index is 0.000377. The van der Waals surface area contributed by atoms with Crippen LogP contribution in [0.15, 0.2) is 41.8 Å². The molecule has 1 fully saturated rings. The molecule has 0 bridgehead atoms. The second-order valence-corrected chi connectivity index (χ2v) is 9.60. The van der Waals surface area contributed by atoms with E-state index in [1.807, 2.05) is 22.4 Å². The molecular formula is C24H33N3O2S. The van der Waals surface area contributed by atoms with Gasteiger partial charge in [0.2, 0.25) is 5.91 Å². The third-order valence-electron chi connectivity index (χ3n) is 5.70. The predicted octanol–water partition coefficient (Wildman–Crippen LogP) is 4.14. The van der Waals surface area contributed by atoms with Gasteiger partial charge in [0.25, 0.3) is 5.91 Å². The summed E-state index contributed by atoms with van der Waals surface area (Å²) in [6.07, 6.45) is 0. The van der Waals surface area contributed by atoms with Crippen molar-refractivity contribution in [3.05, 3.63) is 57.8 Å². The smallest absolute Gasteiger partial charge is 0.264 e. The van der Waals surface area contributed by atoms with E-state index in [1.54, 1.807) is 0 Å². The molecule has 30 heavy (non-hydrogen) atoms. The van der Waals surface area contributed by atoms with Crippen LogP contribution in [0.5, 0.6) is 0 Å². The first-order chi connectivity index (χ1) is 14.3. The van der Waals surface area contributed by atoms with Crippen LogP contribution < -0.4 is 5.32 Å². The van der Waals surface area contributed by atoms with Crippen LogP contribution in [0.4, 0.5) is 0 Å².